The molecule has 2 aromatic rings. The number of imidazole rings is 1. The quantitative estimate of drug-likeness (QED) is 0.845. The predicted molar refractivity (Wildman–Crippen MR) is 87.3 cm³/mol. The van der Waals surface area contributed by atoms with Gasteiger partial charge in [-0.15, -0.1) is 0 Å². The third-order valence-electron chi connectivity index (χ3n) is 4.65. The maximum absolute atomic E-state index is 12.7. The maximum Gasteiger partial charge on any atom is 0.275 e. The highest BCUT2D eigenvalue weighted by atomic mass is 35.5. The fraction of sp³-hybridized carbons (Fsp3) is 0.412. The molecular formula is C17H20ClN3O. The monoisotopic (exact) mass is 317 g/mol. The Bertz CT molecular complexity index is 748. The van der Waals surface area contributed by atoms with Crippen molar-refractivity contribution in [2.75, 3.05) is 7.05 Å². The largest absolute Gasteiger partial charge is 0.327 e. The lowest BCUT2D eigenvalue weighted by molar-refractivity contribution is 0.0703. The molecule has 22 heavy (non-hydrogen) atoms. The molecule has 0 radical (unpaired) electrons. The SMILES string of the molecule is Cc1nc2c(n1C(C)C)C(C)(c1ccc(Cl)cc1)N(C)C2=O. The van der Waals surface area contributed by atoms with Crippen molar-refractivity contribution in [2.24, 2.45) is 0 Å². The molecule has 3 rings (SSSR count). The summed E-state index contributed by atoms with van der Waals surface area (Å²) in [5, 5.41) is 0.688. The molecule has 1 amide bonds. The van der Waals surface area contributed by atoms with Crippen molar-refractivity contribution >= 4 is 17.5 Å². The number of hydrogen-bond donors (Lipinski definition) is 0. The lowest BCUT2D eigenvalue weighted by atomic mass is 9.88. The molecule has 1 aliphatic heterocycles. The van der Waals surface area contributed by atoms with Crippen molar-refractivity contribution in [1.82, 2.24) is 14.5 Å². The predicted octanol–water partition coefficient (Wildman–Crippen LogP) is 3.77. The summed E-state index contributed by atoms with van der Waals surface area (Å²) in [5.41, 5.74) is 2.02. The van der Waals surface area contributed by atoms with E-state index in [0.717, 1.165) is 17.1 Å². The fourth-order valence-corrected chi connectivity index (χ4v) is 3.54. The molecule has 0 bridgehead atoms. The average Bonchev–Trinajstić information content (AvgIpc) is 2.90. The van der Waals surface area contributed by atoms with Gasteiger partial charge in [-0.25, -0.2) is 4.98 Å². The lowest BCUT2D eigenvalue weighted by Gasteiger charge is -2.35. The van der Waals surface area contributed by atoms with Crippen LogP contribution in [0, 0.1) is 6.92 Å². The van der Waals surface area contributed by atoms with Gasteiger partial charge in [-0.3, -0.25) is 4.79 Å². The highest BCUT2D eigenvalue weighted by Gasteiger charge is 2.50. The number of aryl methyl sites for hydroxylation is 1. The van der Waals surface area contributed by atoms with Crippen LogP contribution in [0.25, 0.3) is 0 Å². The second kappa shape index (κ2) is 4.85. The second-order valence-corrected chi connectivity index (χ2v) is 6.70. The van der Waals surface area contributed by atoms with E-state index in [1.165, 1.54) is 0 Å². The van der Waals surface area contributed by atoms with E-state index in [2.05, 4.69) is 30.3 Å². The van der Waals surface area contributed by atoms with E-state index in [9.17, 15) is 4.79 Å². The zero-order valence-electron chi connectivity index (χ0n) is 13.5. The molecule has 0 N–H and O–H groups in total. The number of carbonyl (C=O) groups excluding carboxylic acids is 1. The minimum absolute atomic E-state index is 0.0325. The van der Waals surface area contributed by atoms with Gasteiger partial charge in [0.05, 0.1) is 5.69 Å². The molecule has 1 aromatic carbocycles. The second-order valence-electron chi connectivity index (χ2n) is 6.26. The van der Waals surface area contributed by atoms with Crippen LogP contribution in [0.3, 0.4) is 0 Å². The van der Waals surface area contributed by atoms with Crippen molar-refractivity contribution in [3.63, 3.8) is 0 Å². The molecule has 1 aromatic heterocycles. The summed E-state index contributed by atoms with van der Waals surface area (Å²) in [6, 6.07) is 7.92. The van der Waals surface area contributed by atoms with Gasteiger partial charge in [-0.1, -0.05) is 23.7 Å². The fourth-order valence-electron chi connectivity index (χ4n) is 3.42. The molecule has 1 atom stereocenters. The Hall–Kier alpha value is -1.81. The normalized spacial score (nSPS) is 20.9. The average molecular weight is 318 g/mol. The van der Waals surface area contributed by atoms with Gasteiger partial charge in [-0.05, 0) is 45.4 Å². The Labute approximate surface area is 135 Å². The van der Waals surface area contributed by atoms with E-state index in [0.29, 0.717) is 10.7 Å². The molecule has 1 aliphatic rings. The third kappa shape index (κ3) is 1.83. The molecule has 2 heterocycles. The number of fused-ring (bicyclic) bond motifs is 1. The highest BCUT2D eigenvalue weighted by molar-refractivity contribution is 6.30. The maximum atomic E-state index is 12.7. The lowest BCUT2D eigenvalue weighted by Crippen LogP contribution is -2.41. The van der Waals surface area contributed by atoms with Crippen LogP contribution < -0.4 is 0 Å². The van der Waals surface area contributed by atoms with Crippen LogP contribution in [0.15, 0.2) is 24.3 Å². The third-order valence-corrected chi connectivity index (χ3v) is 4.90. The minimum atomic E-state index is -0.539. The molecule has 0 spiro atoms. The van der Waals surface area contributed by atoms with Gasteiger partial charge in [-0.2, -0.15) is 0 Å². The summed E-state index contributed by atoms with van der Waals surface area (Å²) in [4.78, 5) is 19.0. The van der Waals surface area contributed by atoms with Crippen LogP contribution in [0.2, 0.25) is 5.02 Å². The molecule has 5 heteroatoms. The number of hydrogen-bond acceptors (Lipinski definition) is 2. The van der Waals surface area contributed by atoms with Crippen molar-refractivity contribution in [1.29, 1.82) is 0 Å². The van der Waals surface area contributed by atoms with Gasteiger partial charge in [0.2, 0.25) is 0 Å². The van der Waals surface area contributed by atoms with Crippen LogP contribution in [0.1, 0.15) is 54.4 Å². The highest BCUT2D eigenvalue weighted by Crippen LogP contribution is 2.44. The van der Waals surface area contributed by atoms with Crippen LogP contribution in [0.5, 0.6) is 0 Å². The molecular weight excluding hydrogens is 298 g/mol. The first kappa shape index (κ1) is 15.1. The number of carbonyl (C=O) groups is 1. The van der Waals surface area contributed by atoms with Crippen LogP contribution in [-0.4, -0.2) is 27.4 Å². The Balaban J connectivity index is 2.30. The van der Waals surface area contributed by atoms with Gasteiger partial charge < -0.3 is 9.47 Å². The van der Waals surface area contributed by atoms with E-state index in [-0.39, 0.29) is 11.9 Å². The van der Waals surface area contributed by atoms with E-state index in [1.807, 2.05) is 38.2 Å². The zero-order chi connectivity index (χ0) is 16.2. The minimum Gasteiger partial charge on any atom is -0.327 e. The number of amides is 1. The molecule has 0 aliphatic carbocycles. The van der Waals surface area contributed by atoms with E-state index >= 15 is 0 Å². The van der Waals surface area contributed by atoms with Crippen molar-refractivity contribution in [3.8, 4) is 0 Å². The van der Waals surface area contributed by atoms with Crippen LogP contribution in [0.4, 0.5) is 0 Å². The molecule has 0 fully saturated rings. The number of rotatable bonds is 2. The smallest absolute Gasteiger partial charge is 0.275 e. The van der Waals surface area contributed by atoms with Gasteiger partial charge in [0.1, 0.15) is 11.4 Å². The van der Waals surface area contributed by atoms with Crippen molar-refractivity contribution in [3.05, 3.63) is 52.1 Å². The molecule has 116 valence electrons. The number of aromatic nitrogens is 2. The number of benzene rings is 1. The van der Waals surface area contributed by atoms with E-state index in [4.69, 9.17) is 11.6 Å². The van der Waals surface area contributed by atoms with Crippen LogP contribution in [-0.2, 0) is 5.54 Å². The van der Waals surface area contributed by atoms with Gasteiger partial charge in [0.15, 0.2) is 5.69 Å². The summed E-state index contributed by atoms with van der Waals surface area (Å²) in [6.07, 6.45) is 0. The molecule has 0 saturated carbocycles. The van der Waals surface area contributed by atoms with Crippen molar-refractivity contribution in [2.45, 2.75) is 39.3 Å². The van der Waals surface area contributed by atoms with E-state index in [1.54, 1.807) is 4.90 Å². The van der Waals surface area contributed by atoms with Crippen LogP contribution >= 0.6 is 11.6 Å². The Kier molecular flexibility index (Phi) is 3.33. The first-order valence-electron chi connectivity index (χ1n) is 7.42. The first-order valence-corrected chi connectivity index (χ1v) is 7.79. The summed E-state index contributed by atoms with van der Waals surface area (Å²) >= 11 is 6.02. The Morgan fingerprint density at radius 3 is 2.36 bits per heavy atom. The summed E-state index contributed by atoms with van der Waals surface area (Å²) < 4.78 is 2.16. The summed E-state index contributed by atoms with van der Waals surface area (Å²) in [7, 11) is 1.83. The van der Waals surface area contributed by atoms with Gasteiger partial charge in [0, 0.05) is 18.1 Å². The standard InChI is InChI=1S/C17H20ClN3O/c1-10(2)21-11(3)19-14-15(21)17(4,20(5)16(14)22)12-6-8-13(18)9-7-12/h6-10H,1-5H3. The molecule has 0 saturated heterocycles. The molecule has 4 nitrogen and oxygen atoms in total. The number of nitrogens with zero attached hydrogens (tertiary/aromatic N) is 3. The van der Waals surface area contributed by atoms with Gasteiger partial charge >= 0.3 is 0 Å². The molecule has 1 unspecified atom stereocenters. The Morgan fingerprint density at radius 1 is 1.23 bits per heavy atom. The first-order chi connectivity index (χ1) is 10.3. The summed E-state index contributed by atoms with van der Waals surface area (Å²) in [5.74, 6) is 0.844. The summed E-state index contributed by atoms with van der Waals surface area (Å²) in [6.45, 7) is 8.24. The van der Waals surface area contributed by atoms with Gasteiger partial charge in [0.25, 0.3) is 5.91 Å². The van der Waals surface area contributed by atoms with Crippen molar-refractivity contribution < 1.29 is 4.79 Å². The van der Waals surface area contributed by atoms with E-state index < -0.39 is 5.54 Å². The Morgan fingerprint density at radius 2 is 1.82 bits per heavy atom. The topological polar surface area (TPSA) is 38.1 Å². The zero-order valence-corrected chi connectivity index (χ0v) is 14.3. The number of halogens is 1.